The number of carbonyl (C=O) groups is 1. The number of nitrogens with zero attached hydrogens (tertiary/aromatic N) is 1. The maximum absolute atomic E-state index is 10.9. The number of likely N-dealkylation sites (N-methyl/N-ethyl adjacent to an activating group) is 1. The second-order valence-electron chi connectivity index (χ2n) is 3.12. The van der Waals surface area contributed by atoms with E-state index in [1.165, 1.54) is 6.08 Å². The van der Waals surface area contributed by atoms with Gasteiger partial charge < -0.3 is 0 Å². The van der Waals surface area contributed by atoms with Gasteiger partial charge in [-0.25, -0.2) is 4.59 Å². The van der Waals surface area contributed by atoms with Gasteiger partial charge in [0.1, 0.15) is 6.54 Å². The maximum Gasteiger partial charge on any atom is 0.288 e. The van der Waals surface area contributed by atoms with Crippen LogP contribution in [0, 0.1) is 0 Å². The highest BCUT2D eigenvalue weighted by Gasteiger charge is 2.14. The first-order valence-corrected chi connectivity index (χ1v) is 3.90. The molecular weight excluding hydrogens is 152 g/mol. The van der Waals surface area contributed by atoms with E-state index in [0.717, 1.165) is 6.54 Å². The molecule has 0 heterocycles. The van der Waals surface area contributed by atoms with Gasteiger partial charge in [0.2, 0.25) is 0 Å². The van der Waals surface area contributed by atoms with E-state index in [2.05, 4.69) is 12.0 Å². The molecule has 0 atom stereocenters. The lowest BCUT2D eigenvalue weighted by molar-refractivity contribution is -0.919. The molecule has 0 aliphatic rings. The van der Waals surface area contributed by atoms with Crippen LogP contribution in [0.15, 0.2) is 24.8 Å². The van der Waals surface area contributed by atoms with Crippen molar-refractivity contribution in [3.8, 4) is 0 Å². The average Bonchev–Trinajstić information content (AvgIpc) is 2.00. The van der Waals surface area contributed by atoms with E-state index < -0.39 is 0 Å². The Kier molecular flexibility index (Phi) is 4.29. The van der Waals surface area contributed by atoms with Gasteiger partial charge >= 0.3 is 0 Å². The monoisotopic (exact) mass is 169 g/mol. The van der Waals surface area contributed by atoms with Crippen LogP contribution in [-0.4, -0.2) is 31.1 Å². The van der Waals surface area contributed by atoms with Crippen LogP contribution in [0.4, 0.5) is 0 Å². The van der Waals surface area contributed by atoms with Crippen LogP contribution >= 0.6 is 0 Å². The summed E-state index contributed by atoms with van der Waals surface area (Å²) in [5.74, 6) is -0.149. The van der Waals surface area contributed by atoms with Crippen molar-refractivity contribution >= 4 is 5.91 Å². The second kappa shape index (κ2) is 4.72. The molecule has 0 unspecified atom stereocenters. The fraction of sp³-hybridized carbons (Fsp3) is 0.444. The zero-order chi connectivity index (χ0) is 9.61. The minimum absolute atomic E-state index is 0.149. The maximum atomic E-state index is 10.9. The molecule has 0 aliphatic heterocycles. The Morgan fingerprint density at radius 1 is 1.58 bits per heavy atom. The van der Waals surface area contributed by atoms with Crippen molar-refractivity contribution in [2.45, 2.75) is 6.92 Å². The minimum Gasteiger partial charge on any atom is -0.265 e. The molecule has 3 nitrogen and oxygen atoms in total. The predicted octanol–water partition coefficient (Wildman–Crippen LogP) is 0.856. The summed E-state index contributed by atoms with van der Waals surface area (Å²) in [5.41, 5.74) is 2.77. The molecule has 0 aromatic carbocycles. The molecular formula is C9H17N2O+. The normalized spacial score (nSPS) is 11.6. The SMILES string of the molecule is C=CC(=O)N[N+](C)(C)CC=CC. The van der Waals surface area contributed by atoms with Crippen LogP contribution in [0.3, 0.4) is 0 Å². The third kappa shape index (κ3) is 4.68. The summed E-state index contributed by atoms with van der Waals surface area (Å²) in [6.45, 7) is 6.11. The smallest absolute Gasteiger partial charge is 0.265 e. The molecule has 0 bridgehead atoms. The van der Waals surface area contributed by atoms with E-state index in [1.54, 1.807) is 0 Å². The van der Waals surface area contributed by atoms with E-state index in [1.807, 2.05) is 33.2 Å². The Labute approximate surface area is 73.9 Å². The minimum atomic E-state index is -0.149. The second-order valence-corrected chi connectivity index (χ2v) is 3.12. The summed E-state index contributed by atoms with van der Waals surface area (Å²) in [7, 11) is 3.84. The molecule has 0 aliphatic carbocycles. The summed E-state index contributed by atoms with van der Waals surface area (Å²) in [4.78, 5) is 10.9. The first-order chi connectivity index (χ1) is 5.52. The van der Waals surface area contributed by atoms with Crippen molar-refractivity contribution in [3.63, 3.8) is 0 Å². The van der Waals surface area contributed by atoms with Crippen molar-refractivity contribution in [2.75, 3.05) is 20.6 Å². The summed E-state index contributed by atoms with van der Waals surface area (Å²) in [6.07, 6.45) is 5.24. The van der Waals surface area contributed by atoms with E-state index in [9.17, 15) is 4.79 Å². The molecule has 0 aromatic rings. The summed E-state index contributed by atoms with van der Waals surface area (Å²) < 4.78 is 0.440. The Balaban J connectivity index is 4.02. The zero-order valence-electron chi connectivity index (χ0n) is 8.00. The highest BCUT2D eigenvalue weighted by Crippen LogP contribution is 1.91. The topological polar surface area (TPSA) is 29.1 Å². The molecule has 3 heteroatoms. The van der Waals surface area contributed by atoms with Gasteiger partial charge in [-0.15, -0.1) is 0 Å². The number of carbonyl (C=O) groups excluding carboxylic acids is 1. The van der Waals surface area contributed by atoms with Gasteiger partial charge in [-0.05, 0) is 13.0 Å². The molecule has 0 spiro atoms. The van der Waals surface area contributed by atoms with E-state index in [4.69, 9.17) is 0 Å². The highest BCUT2D eigenvalue weighted by atomic mass is 16.2. The van der Waals surface area contributed by atoms with Crippen LogP contribution in [0.5, 0.6) is 0 Å². The average molecular weight is 169 g/mol. The first-order valence-electron chi connectivity index (χ1n) is 3.90. The number of allylic oxidation sites excluding steroid dienone is 1. The standard InChI is InChI=1S/C9H16N2O/c1-5-7-8-11(3,4)10-9(12)6-2/h5-7H,2,8H2,1,3-4H3/p+1. The van der Waals surface area contributed by atoms with Crippen molar-refractivity contribution in [1.29, 1.82) is 0 Å². The lowest BCUT2D eigenvalue weighted by Crippen LogP contribution is -2.53. The highest BCUT2D eigenvalue weighted by molar-refractivity contribution is 5.85. The van der Waals surface area contributed by atoms with Gasteiger partial charge in [-0.3, -0.25) is 4.79 Å². The van der Waals surface area contributed by atoms with Crippen LogP contribution in [-0.2, 0) is 4.79 Å². The third-order valence-electron chi connectivity index (χ3n) is 1.40. The molecule has 1 amide bonds. The van der Waals surface area contributed by atoms with Crippen LogP contribution in [0.1, 0.15) is 6.92 Å². The Bertz CT molecular complexity index is 195. The van der Waals surface area contributed by atoms with Gasteiger partial charge in [0, 0.05) is 6.08 Å². The molecule has 0 rings (SSSR count). The quantitative estimate of drug-likeness (QED) is 0.287. The molecule has 0 radical (unpaired) electrons. The Morgan fingerprint density at radius 2 is 2.17 bits per heavy atom. The fourth-order valence-corrected chi connectivity index (χ4v) is 0.759. The largest absolute Gasteiger partial charge is 0.288 e. The lowest BCUT2D eigenvalue weighted by atomic mass is 10.5. The van der Waals surface area contributed by atoms with Crippen molar-refractivity contribution < 1.29 is 9.39 Å². The molecule has 12 heavy (non-hydrogen) atoms. The van der Waals surface area contributed by atoms with E-state index in [-0.39, 0.29) is 5.91 Å². The molecule has 1 N–H and O–H groups in total. The zero-order valence-corrected chi connectivity index (χ0v) is 8.00. The predicted molar refractivity (Wildman–Crippen MR) is 50.1 cm³/mol. The van der Waals surface area contributed by atoms with Gasteiger partial charge in [-0.2, -0.15) is 5.43 Å². The van der Waals surface area contributed by atoms with Crippen molar-refractivity contribution in [1.82, 2.24) is 5.43 Å². The Morgan fingerprint density at radius 3 is 2.58 bits per heavy atom. The number of amides is 1. The number of hydrogen-bond donors (Lipinski definition) is 1. The summed E-state index contributed by atoms with van der Waals surface area (Å²) >= 11 is 0. The molecule has 0 fully saturated rings. The van der Waals surface area contributed by atoms with Crippen LogP contribution in [0.25, 0.3) is 0 Å². The van der Waals surface area contributed by atoms with Crippen LogP contribution < -0.4 is 5.43 Å². The number of quaternary nitrogens is 1. The van der Waals surface area contributed by atoms with Crippen molar-refractivity contribution in [2.24, 2.45) is 0 Å². The number of rotatable bonds is 4. The molecule has 0 saturated carbocycles. The summed E-state index contributed by atoms with van der Waals surface area (Å²) in [6, 6.07) is 0. The fourth-order valence-electron chi connectivity index (χ4n) is 0.759. The van der Waals surface area contributed by atoms with Crippen LogP contribution in [0.2, 0.25) is 0 Å². The first kappa shape index (κ1) is 10.9. The van der Waals surface area contributed by atoms with Gasteiger partial charge in [0.25, 0.3) is 5.91 Å². The number of nitrogens with one attached hydrogen (secondary N) is 1. The number of hydrogen-bond acceptors (Lipinski definition) is 1. The molecule has 0 aromatic heterocycles. The van der Waals surface area contributed by atoms with E-state index >= 15 is 0 Å². The Hall–Kier alpha value is -1.09. The molecule has 0 saturated heterocycles. The van der Waals surface area contributed by atoms with Gasteiger partial charge in [-0.1, -0.05) is 12.7 Å². The molecule has 68 valence electrons. The lowest BCUT2D eigenvalue weighted by Gasteiger charge is -2.26. The van der Waals surface area contributed by atoms with Crippen molar-refractivity contribution in [3.05, 3.63) is 24.8 Å². The summed E-state index contributed by atoms with van der Waals surface area (Å²) in [5, 5.41) is 0. The van der Waals surface area contributed by atoms with E-state index in [0.29, 0.717) is 4.59 Å². The third-order valence-corrected chi connectivity index (χ3v) is 1.40. The van der Waals surface area contributed by atoms with Gasteiger partial charge in [0.05, 0.1) is 14.1 Å². The van der Waals surface area contributed by atoms with Gasteiger partial charge in [0.15, 0.2) is 0 Å².